The molecule has 0 N–H and O–H groups in total. The minimum atomic E-state index is -0.194. The third kappa shape index (κ3) is 3.74. The Balaban J connectivity index is 1.59. The first kappa shape index (κ1) is 19.9. The molecule has 1 amide bonds. The number of rotatable bonds is 5. The van der Waals surface area contributed by atoms with Crippen LogP contribution in [0.3, 0.4) is 0 Å². The first-order chi connectivity index (χ1) is 14.6. The molecule has 2 aromatic carbocycles. The van der Waals surface area contributed by atoms with Crippen LogP contribution in [0.4, 0.5) is 5.69 Å². The zero-order valence-electron chi connectivity index (χ0n) is 17.1. The largest absolute Gasteiger partial charge is 0.463 e. The van der Waals surface area contributed by atoms with E-state index < -0.39 is 0 Å². The van der Waals surface area contributed by atoms with E-state index in [-0.39, 0.29) is 11.3 Å². The van der Waals surface area contributed by atoms with Crippen LogP contribution in [0.5, 0.6) is 0 Å². The van der Waals surface area contributed by atoms with Gasteiger partial charge < -0.3 is 9.32 Å². The second kappa shape index (κ2) is 8.55. The molecule has 1 aliphatic rings. The number of amides is 1. The van der Waals surface area contributed by atoms with Gasteiger partial charge in [-0.3, -0.25) is 14.6 Å². The molecule has 6 nitrogen and oxygen atoms in total. The lowest BCUT2D eigenvalue weighted by molar-refractivity contribution is -0.00656. The van der Waals surface area contributed by atoms with Crippen LogP contribution in [0.25, 0.3) is 11.0 Å². The molecule has 0 bridgehead atoms. The van der Waals surface area contributed by atoms with E-state index in [0.29, 0.717) is 41.7 Å². The van der Waals surface area contributed by atoms with Crippen LogP contribution >= 0.6 is 0 Å². The lowest BCUT2D eigenvalue weighted by Crippen LogP contribution is -2.55. The van der Waals surface area contributed by atoms with Gasteiger partial charge in [-0.15, -0.1) is 6.58 Å². The number of carbonyl (C=O) groups is 1. The van der Waals surface area contributed by atoms with E-state index in [0.717, 1.165) is 13.1 Å². The third-order valence-corrected chi connectivity index (χ3v) is 5.46. The van der Waals surface area contributed by atoms with Gasteiger partial charge in [-0.1, -0.05) is 30.3 Å². The summed E-state index contributed by atoms with van der Waals surface area (Å²) in [5.41, 5.74) is 2.31. The highest BCUT2D eigenvalue weighted by Crippen LogP contribution is 2.21. The fourth-order valence-electron chi connectivity index (χ4n) is 3.85. The number of hydrazine groups is 1. The highest BCUT2D eigenvalue weighted by Gasteiger charge is 2.27. The van der Waals surface area contributed by atoms with E-state index in [2.05, 4.69) is 28.6 Å². The number of para-hydroxylation sites is 2. The molecule has 1 aliphatic heterocycles. The summed E-state index contributed by atoms with van der Waals surface area (Å²) >= 11 is 0. The first-order valence-electron chi connectivity index (χ1n) is 10.1. The number of piperazine rings is 1. The molecule has 4 rings (SSSR count). The van der Waals surface area contributed by atoms with E-state index in [1.165, 1.54) is 12.0 Å². The summed E-state index contributed by atoms with van der Waals surface area (Å²) in [5, 5.41) is 4.17. The molecule has 0 spiro atoms. The van der Waals surface area contributed by atoms with Gasteiger partial charge in [0.15, 0.2) is 11.0 Å². The highest BCUT2D eigenvalue weighted by molar-refractivity contribution is 6.04. The van der Waals surface area contributed by atoms with Gasteiger partial charge in [-0.05, 0) is 31.2 Å². The summed E-state index contributed by atoms with van der Waals surface area (Å²) in [4.78, 5) is 28.2. The van der Waals surface area contributed by atoms with Gasteiger partial charge in [-0.25, -0.2) is 5.01 Å². The van der Waals surface area contributed by atoms with Gasteiger partial charge in [-0.2, -0.15) is 0 Å². The summed E-state index contributed by atoms with van der Waals surface area (Å²) in [5.74, 6) is -0.194. The van der Waals surface area contributed by atoms with Gasteiger partial charge in [0, 0.05) is 37.4 Å². The molecule has 6 heteroatoms. The Bertz CT molecular complexity index is 1120. The minimum Gasteiger partial charge on any atom is -0.463 e. The molecule has 3 aromatic rings. The van der Waals surface area contributed by atoms with Crippen molar-refractivity contribution in [1.82, 2.24) is 10.0 Å². The number of hydrogen-bond acceptors (Lipinski definition) is 5. The van der Waals surface area contributed by atoms with Crippen LogP contribution in [-0.4, -0.2) is 48.6 Å². The smallest absolute Gasteiger partial charge is 0.272 e. The van der Waals surface area contributed by atoms with Crippen molar-refractivity contribution in [1.29, 1.82) is 0 Å². The number of aryl methyl sites for hydroxylation is 1. The molecular weight excluding hydrogens is 378 g/mol. The lowest BCUT2D eigenvalue weighted by atomic mass is 10.1. The van der Waals surface area contributed by atoms with E-state index in [9.17, 15) is 9.59 Å². The van der Waals surface area contributed by atoms with Crippen LogP contribution in [0, 0.1) is 6.92 Å². The number of carbonyl (C=O) groups excluding carboxylic acids is 1. The topological polar surface area (TPSA) is 57.0 Å². The number of anilines is 1. The minimum absolute atomic E-state index is 0.113. The van der Waals surface area contributed by atoms with E-state index in [1.54, 1.807) is 36.2 Å². The predicted octanol–water partition coefficient (Wildman–Crippen LogP) is 3.47. The Labute approximate surface area is 175 Å². The predicted molar refractivity (Wildman–Crippen MR) is 119 cm³/mol. The standard InChI is InChI=1S/C24H25N3O3/c1-3-12-27(26-15-13-25(14-16-26)19-8-5-4-6-9-19)24(29)21-11-7-10-20-22(28)18(2)17-30-23(20)21/h3-11,17H,1,12-16H2,2H3. The molecular formula is C24H25N3O3. The molecule has 2 heterocycles. The second-order valence-electron chi connectivity index (χ2n) is 7.38. The van der Waals surface area contributed by atoms with Crippen molar-refractivity contribution in [2.24, 2.45) is 0 Å². The Kier molecular flexibility index (Phi) is 5.68. The lowest BCUT2D eigenvalue weighted by Gasteiger charge is -2.41. The van der Waals surface area contributed by atoms with Crippen LogP contribution in [0.1, 0.15) is 15.9 Å². The van der Waals surface area contributed by atoms with E-state index in [1.807, 2.05) is 18.2 Å². The Hall–Kier alpha value is -3.38. The molecule has 0 aliphatic carbocycles. The number of fused-ring (bicyclic) bond motifs is 1. The summed E-state index contributed by atoms with van der Waals surface area (Å²) in [7, 11) is 0. The van der Waals surface area contributed by atoms with Crippen molar-refractivity contribution in [3.05, 3.63) is 88.8 Å². The quantitative estimate of drug-likeness (QED) is 0.611. The normalized spacial score (nSPS) is 14.6. The van der Waals surface area contributed by atoms with Gasteiger partial charge in [0.2, 0.25) is 0 Å². The van der Waals surface area contributed by atoms with Crippen LogP contribution in [0.2, 0.25) is 0 Å². The summed E-state index contributed by atoms with van der Waals surface area (Å²) < 4.78 is 5.67. The molecule has 1 aromatic heterocycles. The van der Waals surface area contributed by atoms with Crippen molar-refractivity contribution < 1.29 is 9.21 Å². The monoisotopic (exact) mass is 403 g/mol. The molecule has 0 radical (unpaired) electrons. The zero-order chi connectivity index (χ0) is 21.1. The first-order valence-corrected chi connectivity index (χ1v) is 10.1. The summed E-state index contributed by atoms with van der Waals surface area (Å²) in [6, 6.07) is 15.4. The third-order valence-electron chi connectivity index (χ3n) is 5.46. The van der Waals surface area contributed by atoms with Gasteiger partial charge in [0.05, 0.1) is 23.8 Å². The maximum atomic E-state index is 13.5. The zero-order valence-corrected chi connectivity index (χ0v) is 17.1. The molecule has 1 fully saturated rings. The molecule has 0 unspecified atom stereocenters. The Morgan fingerprint density at radius 3 is 2.53 bits per heavy atom. The summed E-state index contributed by atoms with van der Waals surface area (Å²) in [6.07, 6.45) is 3.13. The van der Waals surface area contributed by atoms with Gasteiger partial charge >= 0.3 is 0 Å². The van der Waals surface area contributed by atoms with E-state index >= 15 is 0 Å². The average Bonchev–Trinajstić information content (AvgIpc) is 2.80. The van der Waals surface area contributed by atoms with Crippen molar-refractivity contribution in [3.8, 4) is 0 Å². The number of hydrogen-bond donors (Lipinski definition) is 0. The average molecular weight is 403 g/mol. The van der Waals surface area contributed by atoms with Crippen molar-refractivity contribution in [2.45, 2.75) is 6.92 Å². The van der Waals surface area contributed by atoms with Crippen LogP contribution < -0.4 is 10.3 Å². The van der Waals surface area contributed by atoms with Crippen LogP contribution in [-0.2, 0) is 0 Å². The number of benzene rings is 2. The molecule has 30 heavy (non-hydrogen) atoms. The SMILES string of the molecule is C=CCN(C(=O)c1cccc2c(=O)c(C)coc12)N1CCN(c2ccccc2)CC1. The van der Waals surface area contributed by atoms with Crippen molar-refractivity contribution >= 4 is 22.6 Å². The van der Waals surface area contributed by atoms with Gasteiger partial charge in [0.1, 0.15) is 0 Å². The molecule has 154 valence electrons. The summed E-state index contributed by atoms with van der Waals surface area (Å²) in [6.45, 7) is 8.96. The van der Waals surface area contributed by atoms with Gasteiger partial charge in [0.25, 0.3) is 5.91 Å². The number of nitrogens with zero attached hydrogens (tertiary/aromatic N) is 3. The maximum Gasteiger partial charge on any atom is 0.272 e. The van der Waals surface area contributed by atoms with Crippen molar-refractivity contribution in [2.75, 3.05) is 37.6 Å². The molecule has 0 saturated carbocycles. The van der Waals surface area contributed by atoms with E-state index in [4.69, 9.17) is 4.42 Å². The van der Waals surface area contributed by atoms with Crippen molar-refractivity contribution in [3.63, 3.8) is 0 Å². The molecule has 0 atom stereocenters. The fourth-order valence-corrected chi connectivity index (χ4v) is 3.85. The van der Waals surface area contributed by atoms with Crippen LogP contribution in [0.15, 0.2) is 76.7 Å². The Morgan fingerprint density at radius 2 is 1.83 bits per heavy atom. The second-order valence-corrected chi connectivity index (χ2v) is 7.38. The highest BCUT2D eigenvalue weighted by atomic mass is 16.3. The maximum absolute atomic E-state index is 13.5. The fraction of sp³-hybridized carbons (Fsp3) is 0.250. The molecule has 1 saturated heterocycles. The Morgan fingerprint density at radius 1 is 1.10 bits per heavy atom.